The summed E-state index contributed by atoms with van der Waals surface area (Å²) in [6.45, 7) is 2.27. The largest absolute Gasteiger partial charge is 0.494 e. The van der Waals surface area contributed by atoms with E-state index < -0.39 is 5.82 Å². The first-order chi connectivity index (χ1) is 15.0. The number of hydrogen-bond acceptors (Lipinski definition) is 6. The Morgan fingerprint density at radius 2 is 2.03 bits per heavy atom. The summed E-state index contributed by atoms with van der Waals surface area (Å²) in [7, 11) is 0. The Labute approximate surface area is 182 Å². The number of aromatic nitrogens is 2. The van der Waals surface area contributed by atoms with Crippen molar-refractivity contribution < 1.29 is 18.7 Å². The Kier molecular flexibility index (Phi) is 6.18. The van der Waals surface area contributed by atoms with Crippen LogP contribution in [0.2, 0.25) is 0 Å². The van der Waals surface area contributed by atoms with Crippen molar-refractivity contribution in [3.63, 3.8) is 0 Å². The van der Waals surface area contributed by atoms with Gasteiger partial charge in [0.2, 0.25) is 11.8 Å². The molecule has 0 saturated heterocycles. The predicted octanol–water partition coefficient (Wildman–Crippen LogP) is 4.93. The van der Waals surface area contributed by atoms with Crippen LogP contribution in [0, 0.1) is 12.7 Å². The fourth-order valence-electron chi connectivity index (χ4n) is 3.20. The SMILES string of the molecule is Cc1oc(-c2ccccc2)nc1COc1ccc(CCCn2c(O)csc2=O)cc1F. The standard InChI is InChI=1S/C23H21FN2O4S/c1-15-19(25-22(30-15)17-7-3-2-4-8-17)13-29-20-10-9-16(12-18(20)24)6-5-11-26-21(27)14-31-23(26)28/h2-4,7-10,12,14,27H,5-6,11,13H2,1H3. The monoisotopic (exact) mass is 440 g/mol. The Hall–Kier alpha value is -3.39. The van der Waals surface area contributed by atoms with Gasteiger partial charge in [-0.1, -0.05) is 35.6 Å². The van der Waals surface area contributed by atoms with Gasteiger partial charge in [-0.15, -0.1) is 0 Å². The van der Waals surface area contributed by atoms with E-state index in [2.05, 4.69) is 4.98 Å². The number of benzene rings is 2. The van der Waals surface area contributed by atoms with Crippen molar-refractivity contribution >= 4 is 11.3 Å². The number of halogens is 1. The van der Waals surface area contributed by atoms with Crippen molar-refractivity contribution in [3.05, 3.63) is 86.4 Å². The van der Waals surface area contributed by atoms with Gasteiger partial charge in [-0.3, -0.25) is 9.36 Å². The maximum Gasteiger partial charge on any atom is 0.309 e. The molecule has 0 spiro atoms. The Morgan fingerprint density at radius 3 is 2.74 bits per heavy atom. The lowest BCUT2D eigenvalue weighted by molar-refractivity contribution is 0.284. The molecule has 4 rings (SSSR count). The van der Waals surface area contributed by atoms with Gasteiger partial charge in [0.25, 0.3) is 0 Å². The topological polar surface area (TPSA) is 77.5 Å². The van der Waals surface area contributed by atoms with E-state index in [1.54, 1.807) is 19.1 Å². The zero-order valence-electron chi connectivity index (χ0n) is 16.9. The first-order valence-corrected chi connectivity index (χ1v) is 10.7. The lowest BCUT2D eigenvalue weighted by atomic mass is 10.1. The van der Waals surface area contributed by atoms with E-state index >= 15 is 0 Å². The Bertz CT molecular complexity index is 1230. The molecule has 0 amide bonds. The second kappa shape index (κ2) is 9.18. The van der Waals surface area contributed by atoms with Crippen LogP contribution in [-0.2, 0) is 19.6 Å². The summed E-state index contributed by atoms with van der Waals surface area (Å²) in [4.78, 5) is 15.9. The van der Waals surface area contributed by atoms with Gasteiger partial charge < -0.3 is 14.3 Å². The highest BCUT2D eigenvalue weighted by atomic mass is 32.1. The van der Waals surface area contributed by atoms with Crippen molar-refractivity contribution in [2.24, 2.45) is 0 Å². The van der Waals surface area contributed by atoms with Gasteiger partial charge in [0, 0.05) is 12.1 Å². The van der Waals surface area contributed by atoms with Crippen LogP contribution in [0.5, 0.6) is 11.6 Å². The second-order valence-corrected chi connectivity index (χ2v) is 7.88. The lowest BCUT2D eigenvalue weighted by Crippen LogP contribution is -2.12. The molecule has 0 aliphatic heterocycles. The number of nitrogens with zero attached hydrogens (tertiary/aromatic N) is 2. The van der Waals surface area contributed by atoms with Gasteiger partial charge in [-0.2, -0.15) is 0 Å². The molecule has 8 heteroatoms. The van der Waals surface area contributed by atoms with Crippen molar-refractivity contribution in [3.8, 4) is 23.1 Å². The average Bonchev–Trinajstić information content (AvgIpc) is 3.30. The van der Waals surface area contributed by atoms with E-state index in [0.717, 1.165) is 22.5 Å². The molecular weight excluding hydrogens is 419 g/mol. The van der Waals surface area contributed by atoms with Crippen molar-refractivity contribution in [1.82, 2.24) is 9.55 Å². The third-order valence-electron chi connectivity index (χ3n) is 4.88. The number of thiazole rings is 1. The molecule has 0 aliphatic rings. The zero-order chi connectivity index (χ0) is 21.8. The van der Waals surface area contributed by atoms with Crippen LogP contribution in [0.4, 0.5) is 4.39 Å². The van der Waals surface area contributed by atoms with Crippen LogP contribution >= 0.6 is 11.3 Å². The normalized spacial score (nSPS) is 11.0. The molecule has 2 heterocycles. The third kappa shape index (κ3) is 4.86. The van der Waals surface area contributed by atoms with Crippen LogP contribution in [-0.4, -0.2) is 14.7 Å². The minimum Gasteiger partial charge on any atom is -0.494 e. The molecular formula is C23H21FN2O4S. The fourth-order valence-corrected chi connectivity index (χ4v) is 3.85. The maximum absolute atomic E-state index is 14.5. The highest BCUT2D eigenvalue weighted by Gasteiger charge is 2.13. The summed E-state index contributed by atoms with van der Waals surface area (Å²) < 4.78 is 27.1. The van der Waals surface area contributed by atoms with E-state index in [1.165, 1.54) is 16.0 Å². The van der Waals surface area contributed by atoms with Crippen molar-refractivity contribution in [1.29, 1.82) is 0 Å². The molecule has 1 N–H and O–H groups in total. The quantitative estimate of drug-likeness (QED) is 0.420. The van der Waals surface area contributed by atoms with Gasteiger partial charge >= 0.3 is 4.87 Å². The number of hydrogen-bond donors (Lipinski definition) is 1. The summed E-state index contributed by atoms with van der Waals surface area (Å²) in [5.74, 6) is 0.770. The fraction of sp³-hybridized carbons (Fsp3) is 0.217. The third-order valence-corrected chi connectivity index (χ3v) is 5.63. The molecule has 0 atom stereocenters. The van der Waals surface area contributed by atoms with Crippen LogP contribution in [0.25, 0.3) is 11.5 Å². The van der Waals surface area contributed by atoms with Crippen LogP contribution in [0.1, 0.15) is 23.4 Å². The van der Waals surface area contributed by atoms with E-state index in [4.69, 9.17) is 9.15 Å². The van der Waals surface area contributed by atoms with Crippen LogP contribution in [0.3, 0.4) is 0 Å². The number of rotatable bonds is 8. The number of oxazole rings is 1. The van der Waals surface area contributed by atoms with E-state index in [0.29, 0.717) is 36.7 Å². The number of ether oxygens (including phenoxy) is 1. The second-order valence-electron chi connectivity index (χ2n) is 7.06. The highest BCUT2D eigenvalue weighted by Crippen LogP contribution is 2.24. The highest BCUT2D eigenvalue weighted by molar-refractivity contribution is 7.07. The minimum absolute atomic E-state index is 0.0384. The summed E-state index contributed by atoms with van der Waals surface area (Å²) >= 11 is 0.955. The molecule has 0 saturated carbocycles. The molecule has 0 fully saturated rings. The molecule has 2 aromatic heterocycles. The molecule has 0 aliphatic carbocycles. The predicted molar refractivity (Wildman–Crippen MR) is 116 cm³/mol. The Morgan fingerprint density at radius 1 is 1.23 bits per heavy atom. The van der Waals surface area contributed by atoms with Gasteiger partial charge in [-0.05, 0) is 49.6 Å². The minimum atomic E-state index is -0.461. The summed E-state index contributed by atoms with van der Waals surface area (Å²) in [5, 5.41) is 11.0. The average molecular weight is 440 g/mol. The molecule has 0 radical (unpaired) electrons. The van der Waals surface area contributed by atoms with Gasteiger partial charge in [0.15, 0.2) is 11.6 Å². The first-order valence-electron chi connectivity index (χ1n) is 9.81. The zero-order valence-corrected chi connectivity index (χ0v) is 17.7. The van der Waals surface area contributed by atoms with E-state index in [9.17, 15) is 14.3 Å². The molecule has 31 heavy (non-hydrogen) atoms. The first kappa shape index (κ1) is 20.9. The van der Waals surface area contributed by atoms with E-state index in [-0.39, 0.29) is 23.1 Å². The van der Waals surface area contributed by atoms with Crippen molar-refractivity contribution in [2.45, 2.75) is 32.9 Å². The molecule has 2 aromatic carbocycles. The van der Waals surface area contributed by atoms with E-state index in [1.807, 2.05) is 30.3 Å². The Balaban J connectivity index is 1.36. The maximum atomic E-state index is 14.5. The van der Waals surface area contributed by atoms with Crippen molar-refractivity contribution in [2.75, 3.05) is 0 Å². The molecule has 160 valence electrons. The number of aryl methyl sites for hydroxylation is 2. The molecule has 0 bridgehead atoms. The summed E-state index contributed by atoms with van der Waals surface area (Å²) in [6, 6.07) is 14.4. The van der Waals surface area contributed by atoms with Crippen LogP contribution < -0.4 is 9.61 Å². The molecule has 6 nitrogen and oxygen atoms in total. The smallest absolute Gasteiger partial charge is 0.309 e. The summed E-state index contributed by atoms with van der Waals surface area (Å²) in [5.41, 5.74) is 2.27. The molecule has 0 unspecified atom stereocenters. The lowest BCUT2D eigenvalue weighted by Gasteiger charge is -2.08. The van der Waals surface area contributed by atoms with Gasteiger partial charge in [0.1, 0.15) is 18.1 Å². The van der Waals surface area contributed by atoms with Gasteiger partial charge in [-0.25, -0.2) is 9.37 Å². The van der Waals surface area contributed by atoms with Crippen LogP contribution in [0.15, 0.2) is 63.1 Å². The summed E-state index contributed by atoms with van der Waals surface area (Å²) in [6.07, 6.45) is 1.17. The molecule has 4 aromatic rings. The van der Waals surface area contributed by atoms with Gasteiger partial charge in [0.05, 0.1) is 5.38 Å². The number of aromatic hydroxyl groups is 1.